The van der Waals surface area contributed by atoms with E-state index in [0.717, 1.165) is 17.8 Å². The van der Waals surface area contributed by atoms with Crippen molar-refractivity contribution in [2.75, 3.05) is 5.73 Å². The Morgan fingerprint density at radius 2 is 1.32 bits per heavy atom. The van der Waals surface area contributed by atoms with Gasteiger partial charge in [-0.15, -0.1) is 5.75 Å². The van der Waals surface area contributed by atoms with Crippen molar-refractivity contribution < 1.29 is 25.0 Å². The molecule has 0 bridgehead atoms. The third-order valence-corrected chi connectivity index (χ3v) is 3.07. The second-order valence-corrected chi connectivity index (χ2v) is 5.31. The van der Waals surface area contributed by atoms with Gasteiger partial charge in [-0.05, 0) is 25.1 Å². The second kappa shape index (κ2) is 10.7. The number of non-ortho nitro benzene ring substituents is 2. The van der Waals surface area contributed by atoms with Gasteiger partial charge in [-0.1, -0.05) is 18.2 Å². The molecule has 1 aromatic heterocycles. The summed E-state index contributed by atoms with van der Waals surface area (Å²) in [5, 5.41) is 39.2. The number of nitrogens with zero attached hydrogens (tertiary/aromatic N) is 2. The van der Waals surface area contributed by atoms with E-state index < -0.39 is 9.85 Å². The number of nitro benzene ring substituents is 2. The molecule has 28 heavy (non-hydrogen) atoms. The van der Waals surface area contributed by atoms with Gasteiger partial charge in [0, 0.05) is 30.3 Å². The molecule has 10 nitrogen and oxygen atoms in total. The van der Waals surface area contributed by atoms with Crippen molar-refractivity contribution in [1.82, 2.24) is 0 Å². The number of benzene rings is 2. The largest absolute Gasteiger partial charge is 0.872 e. The molecule has 0 amide bonds. The zero-order valence-electron chi connectivity index (χ0n) is 14.8. The van der Waals surface area contributed by atoms with Crippen LogP contribution in [-0.4, -0.2) is 15.0 Å². The van der Waals surface area contributed by atoms with Crippen molar-refractivity contribution >= 4 is 17.2 Å². The molecule has 1 heterocycles. The predicted molar refractivity (Wildman–Crippen MR) is 99.5 cm³/mol. The van der Waals surface area contributed by atoms with Crippen molar-refractivity contribution in [3.63, 3.8) is 0 Å². The van der Waals surface area contributed by atoms with E-state index in [9.17, 15) is 25.3 Å². The van der Waals surface area contributed by atoms with Crippen molar-refractivity contribution in [2.24, 2.45) is 0 Å². The molecule has 0 aliphatic rings. The van der Waals surface area contributed by atoms with Gasteiger partial charge < -0.3 is 10.2 Å². The minimum atomic E-state index is -0.542. The molecule has 0 radical (unpaired) electrons. The highest BCUT2D eigenvalue weighted by Crippen LogP contribution is 2.15. The number of hydrogen-bond acceptors (Lipinski definition) is 7. The molecule has 146 valence electrons. The van der Waals surface area contributed by atoms with E-state index in [4.69, 9.17) is 10.8 Å². The number of hydrogen-bond donors (Lipinski definition) is 2. The lowest BCUT2D eigenvalue weighted by molar-refractivity contribution is -0.385. The number of nitrogens with one attached hydrogen (secondary N) is 1. The Morgan fingerprint density at radius 3 is 1.68 bits per heavy atom. The zero-order valence-corrected chi connectivity index (χ0v) is 14.8. The summed E-state index contributed by atoms with van der Waals surface area (Å²) in [7, 11) is 0. The highest BCUT2D eigenvalue weighted by Gasteiger charge is 2.01. The van der Waals surface area contributed by atoms with Crippen LogP contribution in [0.2, 0.25) is 0 Å². The number of anilines is 1. The van der Waals surface area contributed by atoms with Gasteiger partial charge in [0.15, 0.2) is 0 Å². The molecular formula is C18H18N4O6. The van der Waals surface area contributed by atoms with E-state index in [1.165, 1.54) is 36.4 Å². The number of aromatic nitrogens is 1. The Bertz CT molecular complexity index is 841. The average Bonchev–Trinajstić information content (AvgIpc) is 2.63. The maximum atomic E-state index is 10.4. The first-order chi connectivity index (χ1) is 13.2. The number of rotatable bonds is 2. The lowest BCUT2D eigenvalue weighted by atomic mass is 10.3. The molecule has 2 aromatic carbocycles. The first-order valence-corrected chi connectivity index (χ1v) is 7.78. The normalized spacial score (nSPS) is 9.18. The monoisotopic (exact) mass is 386 g/mol. The van der Waals surface area contributed by atoms with Crippen molar-refractivity contribution in [3.05, 3.63) is 92.7 Å². The van der Waals surface area contributed by atoms with Gasteiger partial charge in [0.2, 0.25) is 0 Å². The summed E-state index contributed by atoms with van der Waals surface area (Å²) in [5.74, 6) is 0.529. The van der Waals surface area contributed by atoms with Crippen LogP contribution in [0.4, 0.5) is 17.2 Å². The number of pyridine rings is 1. The molecule has 3 rings (SSSR count). The van der Waals surface area contributed by atoms with E-state index in [0.29, 0.717) is 5.82 Å². The third-order valence-electron chi connectivity index (χ3n) is 3.07. The Balaban J connectivity index is 0.000000212. The van der Waals surface area contributed by atoms with Crippen LogP contribution in [-0.2, 0) is 0 Å². The van der Waals surface area contributed by atoms with Crippen LogP contribution >= 0.6 is 0 Å². The number of aromatic hydroxyl groups is 1. The summed E-state index contributed by atoms with van der Waals surface area (Å²) in [5.41, 5.74) is 6.42. The molecule has 4 N–H and O–H groups in total. The topological polar surface area (TPSA) is 170 Å². The summed E-state index contributed by atoms with van der Waals surface area (Å²) < 4.78 is 0. The molecule has 3 aromatic rings. The van der Waals surface area contributed by atoms with Crippen LogP contribution in [0.5, 0.6) is 11.5 Å². The summed E-state index contributed by atoms with van der Waals surface area (Å²) >= 11 is 0. The van der Waals surface area contributed by atoms with Crippen molar-refractivity contribution in [3.8, 4) is 11.5 Å². The first-order valence-electron chi connectivity index (χ1n) is 7.78. The van der Waals surface area contributed by atoms with E-state index in [1.807, 2.05) is 25.1 Å². The summed E-state index contributed by atoms with van der Waals surface area (Å²) in [6, 6.07) is 15.5. The number of nitrogen functional groups attached to an aromatic ring is 1. The number of H-pyrrole nitrogens is 1. The van der Waals surface area contributed by atoms with Crippen LogP contribution < -0.4 is 15.8 Å². The summed E-state index contributed by atoms with van der Waals surface area (Å²) in [6.45, 7) is 1.97. The number of aryl methyl sites for hydroxylation is 1. The lowest BCUT2D eigenvalue weighted by Gasteiger charge is -2.00. The van der Waals surface area contributed by atoms with Crippen LogP contribution in [0.15, 0.2) is 66.7 Å². The third kappa shape index (κ3) is 8.25. The molecule has 0 saturated carbocycles. The van der Waals surface area contributed by atoms with Gasteiger partial charge >= 0.3 is 0 Å². The molecule has 0 aliphatic carbocycles. The fraction of sp³-hybridized carbons (Fsp3) is 0.0556. The molecule has 0 atom stereocenters. The van der Waals surface area contributed by atoms with E-state index in [1.54, 1.807) is 0 Å². The van der Waals surface area contributed by atoms with Crippen LogP contribution in [0, 0.1) is 27.2 Å². The number of aromatic amines is 1. The molecular weight excluding hydrogens is 368 g/mol. The molecule has 0 spiro atoms. The number of nitro groups is 2. The minimum absolute atomic E-state index is 0.0159. The predicted octanol–water partition coefficient (Wildman–Crippen LogP) is 2.36. The Hall–Kier alpha value is -4.21. The lowest BCUT2D eigenvalue weighted by Crippen LogP contribution is -2.12. The molecule has 10 heteroatoms. The number of phenolic OH excluding ortho intramolecular Hbond substituents is 1. The first kappa shape index (κ1) is 21.8. The quantitative estimate of drug-likeness (QED) is 0.503. The van der Waals surface area contributed by atoms with Gasteiger partial charge in [-0.2, -0.15) is 0 Å². The SMILES string of the molecule is Cc1cccc(N)[nH+]1.O=[N+]([O-])c1ccc(O)cc1.O=[N+]([O-])c1ccc([O-])cc1. The minimum Gasteiger partial charge on any atom is -0.872 e. The van der Waals surface area contributed by atoms with Crippen molar-refractivity contribution in [2.45, 2.75) is 6.92 Å². The molecule has 0 fully saturated rings. The zero-order chi connectivity index (χ0) is 21.1. The Morgan fingerprint density at radius 1 is 0.857 bits per heavy atom. The van der Waals surface area contributed by atoms with Gasteiger partial charge in [0.25, 0.3) is 17.2 Å². The summed E-state index contributed by atoms with van der Waals surface area (Å²) in [4.78, 5) is 21.9. The number of phenols is 1. The van der Waals surface area contributed by atoms with E-state index in [-0.39, 0.29) is 22.9 Å². The van der Waals surface area contributed by atoms with Crippen LogP contribution in [0.25, 0.3) is 0 Å². The molecule has 0 aliphatic heterocycles. The Kier molecular flexibility index (Phi) is 8.35. The van der Waals surface area contributed by atoms with Crippen molar-refractivity contribution in [1.29, 1.82) is 0 Å². The molecule has 0 unspecified atom stereocenters. The number of nitrogens with two attached hydrogens (primary N) is 1. The maximum absolute atomic E-state index is 10.4. The smallest absolute Gasteiger partial charge is 0.270 e. The van der Waals surface area contributed by atoms with Gasteiger partial charge in [-0.25, -0.2) is 4.98 Å². The molecule has 0 saturated heterocycles. The van der Waals surface area contributed by atoms with Crippen LogP contribution in [0.1, 0.15) is 5.69 Å². The van der Waals surface area contributed by atoms with Gasteiger partial charge in [0.1, 0.15) is 5.75 Å². The van der Waals surface area contributed by atoms with Crippen LogP contribution in [0.3, 0.4) is 0 Å². The fourth-order valence-corrected chi connectivity index (χ4v) is 1.75. The second-order valence-electron chi connectivity index (χ2n) is 5.31. The van der Waals surface area contributed by atoms with Gasteiger partial charge in [0.05, 0.1) is 15.5 Å². The summed E-state index contributed by atoms with van der Waals surface area (Å²) in [6.07, 6.45) is 0. The Labute approximate surface area is 159 Å². The van der Waals surface area contributed by atoms with Gasteiger partial charge in [-0.3, -0.25) is 26.0 Å². The average molecular weight is 386 g/mol. The van der Waals surface area contributed by atoms with E-state index in [2.05, 4.69) is 4.98 Å². The highest BCUT2D eigenvalue weighted by molar-refractivity contribution is 5.35. The maximum Gasteiger partial charge on any atom is 0.270 e. The standard InChI is InChI=1S/C6H8N2.2C6H5NO3/c1-5-3-2-4-6(7)8-5;2*8-6-3-1-5(2-4-6)7(9)10/h2-4H,1H3,(H2,7,8);2*1-4,8H. The van der Waals surface area contributed by atoms with E-state index >= 15 is 0 Å². The fourth-order valence-electron chi connectivity index (χ4n) is 1.75. The highest BCUT2D eigenvalue weighted by atomic mass is 16.6.